The fourth-order valence-corrected chi connectivity index (χ4v) is 3.40. The summed E-state index contributed by atoms with van der Waals surface area (Å²) in [7, 11) is 0. The monoisotopic (exact) mass is 380 g/mol. The first kappa shape index (κ1) is 17.0. The summed E-state index contributed by atoms with van der Waals surface area (Å²) in [4.78, 5) is 13.0. The third-order valence-electron chi connectivity index (χ3n) is 3.92. The number of thiocarbonyl (C=S) groups is 1. The van der Waals surface area contributed by atoms with Crippen molar-refractivity contribution in [3.8, 4) is 0 Å². The Morgan fingerprint density at radius 2 is 1.96 bits per heavy atom. The second-order valence-corrected chi connectivity index (χ2v) is 6.74. The quantitative estimate of drug-likeness (QED) is 0.753. The third kappa shape index (κ3) is 3.64. The Balaban J connectivity index is 1.72. The zero-order valence-electron chi connectivity index (χ0n) is 12.6. The lowest BCUT2D eigenvalue weighted by molar-refractivity contribution is 0.0697. The van der Waals surface area contributed by atoms with Crippen LogP contribution in [-0.2, 0) is 13.0 Å². The lowest BCUT2D eigenvalue weighted by Crippen LogP contribution is -2.38. The number of carboxylic acid groups (broad SMARTS) is 1. The van der Waals surface area contributed by atoms with E-state index in [4.69, 9.17) is 40.5 Å². The number of carbonyl (C=O) groups is 1. The molecule has 7 heteroatoms. The van der Waals surface area contributed by atoms with E-state index >= 15 is 0 Å². The number of nitrogens with zero attached hydrogens (tertiary/aromatic N) is 1. The van der Waals surface area contributed by atoms with E-state index in [1.807, 2.05) is 17.0 Å². The van der Waals surface area contributed by atoms with Gasteiger partial charge in [-0.05, 0) is 60.1 Å². The van der Waals surface area contributed by atoms with Gasteiger partial charge in [0.2, 0.25) is 0 Å². The van der Waals surface area contributed by atoms with Crippen molar-refractivity contribution < 1.29 is 9.90 Å². The van der Waals surface area contributed by atoms with E-state index in [2.05, 4.69) is 11.4 Å². The highest BCUT2D eigenvalue weighted by Gasteiger charge is 2.19. The number of carboxylic acids is 1. The van der Waals surface area contributed by atoms with Crippen LogP contribution in [0, 0.1) is 0 Å². The topological polar surface area (TPSA) is 52.6 Å². The number of aromatic carboxylic acids is 1. The summed E-state index contributed by atoms with van der Waals surface area (Å²) in [6.45, 7) is 1.49. The molecule has 0 aliphatic carbocycles. The van der Waals surface area contributed by atoms with Crippen LogP contribution < -0.4 is 5.32 Å². The van der Waals surface area contributed by atoms with Gasteiger partial charge in [-0.25, -0.2) is 4.79 Å². The van der Waals surface area contributed by atoms with Gasteiger partial charge >= 0.3 is 5.97 Å². The molecule has 2 aromatic rings. The first-order valence-corrected chi connectivity index (χ1v) is 8.46. The molecule has 1 aliphatic heterocycles. The molecular formula is C17H14Cl2N2O2S. The Morgan fingerprint density at radius 1 is 1.17 bits per heavy atom. The second-order valence-electron chi connectivity index (χ2n) is 5.51. The molecule has 0 aromatic heterocycles. The normalized spacial score (nSPS) is 13.3. The standard InChI is InChI=1S/C17H14Cl2N2O2S/c18-12-2-1-10-5-6-21(9-11(10)7-12)17(24)20-13-3-4-14(16(22)23)15(19)8-13/h1-4,7-8H,5-6,9H2,(H,20,24)(H,22,23). The van der Waals surface area contributed by atoms with Gasteiger partial charge in [-0.3, -0.25) is 0 Å². The Bertz CT molecular complexity index is 826. The zero-order valence-corrected chi connectivity index (χ0v) is 14.9. The summed E-state index contributed by atoms with van der Waals surface area (Å²) in [6.07, 6.45) is 0.896. The van der Waals surface area contributed by atoms with Crippen LogP contribution in [0.3, 0.4) is 0 Å². The molecule has 1 heterocycles. The first-order valence-electron chi connectivity index (χ1n) is 7.30. The van der Waals surface area contributed by atoms with Gasteiger partial charge in [0, 0.05) is 23.8 Å². The largest absolute Gasteiger partial charge is 0.478 e. The molecule has 0 saturated heterocycles. The minimum Gasteiger partial charge on any atom is -0.478 e. The van der Waals surface area contributed by atoms with Gasteiger partial charge in [-0.2, -0.15) is 0 Å². The highest BCUT2D eigenvalue weighted by molar-refractivity contribution is 7.80. The van der Waals surface area contributed by atoms with Crippen molar-refractivity contribution in [2.24, 2.45) is 0 Å². The summed E-state index contributed by atoms with van der Waals surface area (Å²) < 4.78 is 0. The molecule has 0 unspecified atom stereocenters. The Labute approximate surface area is 155 Å². The highest BCUT2D eigenvalue weighted by Crippen LogP contribution is 2.24. The van der Waals surface area contributed by atoms with Crippen molar-refractivity contribution in [3.63, 3.8) is 0 Å². The van der Waals surface area contributed by atoms with Crippen molar-refractivity contribution in [1.82, 2.24) is 4.90 Å². The molecule has 0 bridgehead atoms. The Morgan fingerprint density at radius 3 is 2.67 bits per heavy atom. The smallest absolute Gasteiger partial charge is 0.337 e. The zero-order chi connectivity index (χ0) is 17.3. The van der Waals surface area contributed by atoms with E-state index in [1.165, 1.54) is 11.6 Å². The summed E-state index contributed by atoms with van der Waals surface area (Å²) in [5, 5.41) is 13.6. The predicted octanol–water partition coefficient (Wildman–Crippen LogP) is 4.45. The maximum absolute atomic E-state index is 11.0. The van der Waals surface area contributed by atoms with E-state index in [9.17, 15) is 4.79 Å². The first-order chi connectivity index (χ1) is 11.4. The highest BCUT2D eigenvalue weighted by atomic mass is 35.5. The second kappa shape index (κ2) is 6.97. The summed E-state index contributed by atoms with van der Waals surface area (Å²) in [6, 6.07) is 10.6. The maximum atomic E-state index is 11.0. The van der Waals surface area contributed by atoms with Gasteiger partial charge in [-0.1, -0.05) is 29.3 Å². The number of hydrogen-bond donors (Lipinski definition) is 2. The Hall–Kier alpha value is -1.82. The van der Waals surface area contributed by atoms with Crippen LogP contribution in [0.25, 0.3) is 0 Å². The molecule has 0 amide bonds. The molecule has 0 atom stereocenters. The number of rotatable bonds is 2. The summed E-state index contributed by atoms with van der Waals surface area (Å²) in [5.41, 5.74) is 3.17. The molecule has 0 fully saturated rings. The van der Waals surface area contributed by atoms with Crippen LogP contribution in [-0.4, -0.2) is 27.6 Å². The minimum atomic E-state index is -1.06. The minimum absolute atomic E-state index is 0.0645. The molecular weight excluding hydrogens is 367 g/mol. The molecule has 0 radical (unpaired) electrons. The fraction of sp³-hybridized carbons (Fsp3) is 0.176. The van der Waals surface area contributed by atoms with Gasteiger partial charge in [0.1, 0.15) is 0 Å². The van der Waals surface area contributed by atoms with Gasteiger partial charge in [0.25, 0.3) is 0 Å². The van der Waals surface area contributed by atoms with Crippen LogP contribution in [0.1, 0.15) is 21.5 Å². The van der Waals surface area contributed by atoms with E-state index < -0.39 is 5.97 Å². The third-order valence-corrected chi connectivity index (χ3v) is 4.83. The van der Waals surface area contributed by atoms with Gasteiger partial charge in [0.15, 0.2) is 5.11 Å². The lowest BCUT2D eigenvalue weighted by Gasteiger charge is -2.31. The van der Waals surface area contributed by atoms with Crippen molar-refractivity contribution >= 4 is 52.2 Å². The van der Waals surface area contributed by atoms with Crippen LogP contribution in [0.15, 0.2) is 36.4 Å². The number of nitrogens with one attached hydrogen (secondary N) is 1. The average Bonchev–Trinajstić information content (AvgIpc) is 2.53. The van der Waals surface area contributed by atoms with Gasteiger partial charge in [-0.15, -0.1) is 0 Å². The van der Waals surface area contributed by atoms with Crippen LogP contribution in [0.2, 0.25) is 10.0 Å². The number of anilines is 1. The average molecular weight is 381 g/mol. The fourth-order valence-electron chi connectivity index (χ4n) is 2.67. The molecule has 2 aromatic carbocycles. The van der Waals surface area contributed by atoms with Crippen LogP contribution in [0.4, 0.5) is 5.69 Å². The van der Waals surface area contributed by atoms with E-state index in [-0.39, 0.29) is 10.6 Å². The predicted molar refractivity (Wildman–Crippen MR) is 100 cm³/mol. The molecule has 0 saturated carbocycles. The number of benzene rings is 2. The van der Waals surface area contributed by atoms with Crippen molar-refractivity contribution in [1.29, 1.82) is 0 Å². The molecule has 0 spiro atoms. The van der Waals surface area contributed by atoms with Gasteiger partial charge < -0.3 is 15.3 Å². The van der Waals surface area contributed by atoms with Gasteiger partial charge in [0.05, 0.1) is 10.6 Å². The van der Waals surface area contributed by atoms with Crippen molar-refractivity contribution in [2.45, 2.75) is 13.0 Å². The molecule has 2 N–H and O–H groups in total. The van der Waals surface area contributed by atoms with E-state index in [1.54, 1.807) is 12.1 Å². The van der Waals surface area contributed by atoms with Crippen molar-refractivity contribution in [2.75, 3.05) is 11.9 Å². The summed E-state index contributed by atoms with van der Waals surface area (Å²) >= 11 is 17.5. The van der Waals surface area contributed by atoms with Crippen LogP contribution >= 0.6 is 35.4 Å². The SMILES string of the molecule is O=C(O)c1ccc(NC(=S)N2CCc3ccc(Cl)cc3C2)cc1Cl. The van der Waals surface area contributed by atoms with E-state index in [0.29, 0.717) is 22.4 Å². The summed E-state index contributed by atoms with van der Waals surface area (Å²) in [5.74, 6) is -1.06. The molecule has 124 valence electrons. The van der Waals surface area contributed by atoms with E-state index in [0.717, 1.165) is 18.5 Å². The molecule has 24 heavy (non-hydrogen) atoms. The molecule has 1 aliphatic rings. The molecule has 3 rings (SSSR count). The maximum Gasteiger partial charge on any atom is 0.337 e. The Kier molecular flexibility index (Phi) is 4.94. The van der Waals surface area contributed by atoms with Crippen molar-refractivity contribution in [3.05, 3.63) is 63.1 Å². The number of hydrogen-bond acceptors (Lipinski definition) is 2. The number of fused-ring (bicyclic) bond motifs is 1. The lowest BCUT2D eigenvalue weighted by atomic mass is 10.0. The van der Waals surface area contributed by atoms with Crippen LogP contribution in [0.5, 0.6) is 0 Å². The molecule has 4 nitrogen and oxygen atoms in total. The number of halogens is 2.